The molecule has 1 N–H and O–H groups in total. The zero-order valence-corrected chi connectivity index (χ0v) is 11.5. The van der Waals surface area contributed by atoms with Gasteiger partial charge in [-0.1, -0.05) is 17.7 Å². The zero-order chi connectivity index (χ0) is 14.0. The molecule has 2 rings (SSSR count). The van der Waals surface area contributed by atoms with Crippen molar-refractivity contribution in [2.24, 2.45) is 0 Å². The number of hydrogen-bond donors (Lipinski definition) is 1. The normalized spacial score (nSPS) is 17.3. The second kappa shape index (κ2) is 5.40. The first kappa shape index (κ1) is 14.2. The number of rotatable bonds is 3. The smallest absolute Gasteiger partial charge is 0.246 e. The topological polar surface area (TPSA) is 57.6 Å². The van der Waals surface area contributed by atoms with Crippen LogP contribution in [0.4, 0.5) is 4.39 Å². The highest BCUT2D eigenvalue weighted by Crippen LogP contribution is 2.23. The summed E-state index contributed by atoms with van der Waals surface area (Å²) >= 11 is 0. The molecule has 0 atom stereocenters. The van der Waals surface area contributed by atoms with Crippen LogP contribution in [0.5, 0.6) is 0 Å². The number of aliphatic hydroxyl groups excluding tert-OH is 1. The van der Waals surface area contributed by atoms with Gasteiger partial charge in [-0.15, -0.1) is 0 Å². The Morgan fingerprint density at radius 2 is 2.16 bits per heavy atom. The Bertz CT molecular complexity index is 610. The van der Waals surface area contributed by atoms with Crippen LogP contribution in [0.15, 0.2) is 34.7 Å². The van der Waals surface area contributed by atoms with E-state index in [1.165, 1.54) is 16.4 Å². The van der Waals surface area contributed by atoms with Crippen molar-refractivity contribution in [1.82, 2.24) is 4.31 Å². The molecular weight excluding hydrogens is 269 g/mol. The van der Waals surface area contributed by atoms with Gasteiger partial charge in [-0.25, -0.2) is 12.8 Å². The van der Waals surface area contributed by atoms with Gasteiger partial charge in [0.2, 0.25) is 10.0 Å². The summed E-state index contributed by atoms with van der Waals surface area (Å²) in [5.41, 5.74) is 1.51. The Hall–Kier alpha value is -1.24. The van der Waals surface area contributed by atoms with Crippen molar-refractivity contribution in [3.63, 3.8) is 0 Å². The molecule has 1 aliphatic rings. The van der Waals surface area contributed by atoms with E-state index >= 15 is 0 Å². The predicted molar refractivity (Wildman–Crippen MR) is 69.5 cm³/mol. The SMILES string of the molecule is CC1=CCN(S(=O)(=O)c2cc(CO)ccc2F)CC1. The number of hydrogen-bond acceptors (Lipinski definition) is 3. The maximum absolute atomic E-state index is 13.7. The van der Waals surface area contributed by atoms with Crippen LogP contribution in [0.2, 0.25) is 0 Å². The number of sulfonamides is 1. The van der Waals surface area contributed by atoms with Crippen LogP contribution in [0.3, 0.4) is 0 Å². The minimum atomic E-state index is -3.85. The van der Waals surface area contributed by atoms with Crippen LogP contribution in [0, 0.1) is 5.82 Å². The highest BCUT2D eigenvalue weighted by atomic mass is 32.2. The predicted octanol–water partition coefficient (Wildman–Crippen LogP) is 1.66. The van der Waals surface area contributed by atoms with E-state index in [4.69, 9.17) is 5.11 Å². The Morgan fingerprint density at radius 3 is 2.74 bits per heavy atom. The van der Waals surface area contributed by atoms with Gasteiger partial charge in [0.05, 0.1) is 6.61 Å². The third kappa shape index (κ3) is 2.86. The average Bonchev–Trinajstić information content (AvgIpc) is 2.39. The molecule has 0 unspecified atom stereocenters. The van der Waals surface area contributed by atoms with Gasteiger partial charge in [-0.3, -0.25) is 0 Å². The van der Waals surface area contributed by atoms with Crippen molar-refractivity contribution in [3.05, 3.63) is 41.2 Å². The van der Waals surface area contributed by atoms with E-state index in [9.17, 15) is 12.8 Å². The molecule has 0 aliphatic carbocycles. The van der Waals surface area contributed by atoms with Crippen LogP contribution in [-0.4, -0.2) is 30.9 Å². The van der Waals surface area contributed by atoms with Crippen molar-refractivity contribution in [1.29, 1.82) is 0 Å². The van der Waals surface area contributed by atoms with Crippen molar-refractivity contribution >= 4 is 10.0 Å². The lowest BCUT2D eigenvalue weighted by atomic mass is 10.1. The first-order valence-electron chi connectivity index (χ1n) is 6.00. The molecular formula is C13H16FNO3S. The highest BCUT2D eigenvalue weighted by molar-refractivity contribution is 7.89. The van der Waals surface area contributed by atoms with E-state index < -0.39 is 15.8 Å². The summed E-state index contributed by atoms with van der Waals surface area (Å²) in [7, 11) is -3.85. The van der Waals surface area contributed by atoms with E-state index in [0.717, 1.165) is 11.6 Å². The van der Waals surface area contributed by atoms with Gasteiger partial charge in [0.25, 0.3) is 0 Å². The molecule has 4 nitrogen and oxygen atoms in total. The molecule has 0 amide bonds. The maximum Gasteiger partial charge on any atom is 0.246 e. The van der Waals surface area contributed by atoms with E-state index in [0.29, 0.717) is 18.5 Å². The van der Waals surface area contributed by atoms with Crippen LogP contribution in [0.25, 0.3) is 0 Å². The second-order valence-electron chi connectivity index (χ2n) is 4.59. The van der Waals surface area contributed by atoms with Crippen LogP contribution >= 0.6 is 0 Å². The zero-order valence-electron chi connectivity index (χ0n) is 10.6. The molecule has 0 saturated carbocycles. The van der Waals surface area contributed by atoms with E-state index in [1.54, 1.807) is 0 Å². The molecule has 0 radical (unpaired) electrons. The molecule has 0 bridgehead atoms. The lowest BCUT2D eigenvalue weighted by Crippen LogP contribution is -2.35. The maximum atomic E-state index is 13.7. The lowest BCUT2D eigenvalue weighted by Gasteiger charge is -2.25. The summed E-state index contributed by atoms with van der Waals surface area (Å²) in [6, 6.07) is 3.63. The number of benzene rings is 1. The average molecular weight is 285 g/mol. The summed E-state index contributed by atoms with van der Waals surface area (Å²) < 4.78 is 39.7. The standard InChI is InChI=1S/C13H16FNO3S/c1-10-4-6-15(7-5-10)19(17,18)13-8-11(9-16)2-3-12(13)14/h2-4,8,16H,5-7,9H2,1H3. The van der Waals surface area contributed by atoms with Crippen LogP contribution in [0.1, 0.15) is 18.9 Å². The summed E-state index contributed by atoms with van der Waals surface area (Å²) in [6.07, 6.45) is 2.48. The summed E-state index contributed by atoms with van der Waals surface area (Å²) in [5.74, 6) is -0.788. The Morgan fingerprint density at radius 1 is 1.42 bits per heavy atom. The van der Waals surface area contributed by atoms with E-state index in [2.05, 4.69) is 0 Å². The molecule has 19 heavy (non-hydrogen) atoms. The molecule has 104 valence electrons. The third-order valence-corrected chi connectivity index (χ3v) is 5.08. The Kier molecular flexibility index (Phi) is 4.03. The molecule has 1 heterocycles. The van der Waals surface area contributed by atoms with Gasteiger partial charge in [0, 0.05) is 13.1 Å². The van der Waals surface area contributed by atoms with Gasteiger partial charge in [-0.05, 0) is 31.0 Å². The summed E-state index contributed by atoms with van der Waals surface area (Å²) in [5, 5.41) is 9.02. The van der Waals surface area contributed by atoms with E-state index in [-0.39, 0.29) is 18.0 Å². The molecule has 0 saturated heterocycles. The fourth-order valence-corrected chi connectivity index (χ4v) is 3.45. The molecule has 0 fully saturated rings. The van der Waals surface area contributed by atoms with Crippen molar-refractivity contribution in [2.45, 2.75) is 24.8 Å². The van der Waals surface area contributed by atoms with Crippen LogP contribution < -0.4 is 0 Å². The molecule has 0 spiro atoms. The van der Waals surface area contributed by atoms with Crippen molar-refractivity contribution < 1.29 is 17.9 Å². The number of nitrogens with zero attached hydrogens (tertiary/aromatic N) is 1. The van der Waals surface area contributed by atoms with Gasteiger partial charge >= 0.3 is 0 Å². The fraction of sp³-hybridized carbons (Fsp3) is 0.385. The highest BCUT2D eigenvalue weighted by Gasteiger charge is 2.28. The summed E-state index contributed by atoms with van der Waals surface area (Å²) in [6.45, 7) is 2.24. The second-order valence-corrected chi connectivity index (χ2v) is 6.49. The van der Waals surface area contributed by atoms with Crippen molar-refractivity contribution in [3.8, 4) is 0 Å². The van der Waals surface area contributed by atoms with Crippen molar-refractivity contribution in [2.75, 3.05) is 13.1 Å². The summed E-state index contributed by atoms with van der Waals surface area (Å²) in [4.78, 5) is -0.369. The first-order valence-corrected chi connectivity index (χ1v) is 7.44. The third-order valence-electron chi connectivity index (χ3n) is 3.19. The van der Waals surface area contributed by atoms with Gasteiger partial charge in [0.1, 0.15) is 10.7 Å². The Labute approximate surface area is 112 Å². The largest absolute Gasteiger partial charge is 0.392 e. The molecule has 6 heteroatoms. The lowest BCUT2D eigenvalue weighted by molar-refractivity contribution is 0.281. The van der Waals surface area contributed by atoms with Crippen LogP contribution in [-0.2, 0) is 16.6 Å². The number of aliphatic hydroxyl groups is 1. The number of halogens is 1. The molecule has 1 aliphatic heterocycles. The molecule has 1 aromatic carbocycles. The van der Waals surface area contributed by atoms with E-state index in [1.807, 2.05) is 13.0 Å². The minimum absolute atomic E-state index is 0.261. The quantitative estimate of drug-likeness (QED) is 0.859. The Balaban J connectivity index is 2.39. The fourth-order valence-electron chi connectivity index (χ4n) is 1.95. The monoisotopic (exact) mass is 285 g/mol. The van der Waals surface area contributed by atoms with Gasteiger partial charge < -0.3 is 5.11 Å². The van der Waals surface area contributed by atoms with Gasteiger partial charge in [0.15, 0.2) is 0 Å². The molecule has 0 aromatic heterocycles. The first-order chi connectivity index (χ1) is 8.95. The van der Waals surface area contributed by atoms with Gasteiger partial charge in [-0.2, -0.15) is 4.31 Å². The molecule has 1 aromatic rings. The minimum Gasteiger partial charge on any atom is -0.392 e.